The predicted octanol–water partition coefficient (Wildman–Crippen LogP) is 4.05. The molecule has 9 heteroatoms. The van der Waals surface area contributed by atoms with Crippen LogP contribution < -0.4 is 14.8 Å². The minimum Gasteiger partial charge on any atom is -0.486 e. The van der Waals surface area contributed by atoms with E-state index in [2.05, 4.69) is 20.8 Å². The molecule has 1 aliphatic rings. The number of nitrogens with zero attached hydrogens (tertiary/aromatic N) is 4. The Kier molecular flexibility index (Phi) is 5.86. The first-order chi connectivity index (χ1) is 16.2. The first kappa shape index (κ1) is 20.9. The Balaban J connectivity index is 1.46. The van der Waals surface area contributed by atoms with E-state index in [4.69, 9.17) is 9.47 Å². The average molecular weight is 460 g/mol. The number of amides is 1. The third-order valence-corrected chi connectivity index (χ3v) is 6.02. The number of carbonyl (C=O) groups is 1. The number of thiophene rings is 1. The summed E-state index contributed by atoms with van der Waals surface area (Å²) < 4.78 is 12.7. The van der Waals surface area contributed by atoms with Gasteiger partial charge in [-0.1, -0.05) is 42.5 Å². The number of fused-ring (bicyclic) bond motifs is 1. The van der Waals surface area contributed by atoms with Crippen LogP contribution in [0.1, 0.15) is 23.4 Å². The predicted molar refractivity (Wildman–Crippen MR) is 126 cm³/mol. The van der Waals surface area contributed by atoms with Crippen molar-refractivity contribution in [2.24, 2.45) is 0 Å². The Bertz CT molecular complexity index is 1280. The van der Waals surface area contributed by atoms with Crippen LogP contribution in [-0.4, -0.2) is 39.3 Å². The van der Waals surface area contributed by atoms with Crippen molar-refractivity contribution < 1.29 is 14.3 Å². The average Bonchev–Trinajstić information content (AvgIpc) is 3.55. The fraction of sp³-hybridized carbons (Fsp3) is 0.167. The van der Waals surface area contributed by atoms with Gasteiger partial charge < -0.3 is 14.8 Å². The van der Waals surface area contributed by atoms with E-state index in [1.165, 1.54) is 16.0 Å². The van der Waals surface area contributed by atoms with Gasteiger partial charge in [0.25, 0.3) is 5.91 Å². The maximum Gasteiger partial charge on any atom is 0.270 e. The van der Waals surface area contributed by atoms with Gasteiger partial charge in [-0.15, -0.1) is 16.4 Å². The molecule has 0 bridgehead atoms. The van der Waals surface area contributed by atoms with Crippen LogP contribution in [0.5, 0.6) is 11.5 Å². The quantitative estimate of drug-likeness (QED) is 0.438. The summed E-state index contributed by atoms with van der Waals surface area (Å²) >= 11 is 1.53. The molecule has 2 aromatic heterocycles. The van der Waals surface area contributed by atoms with Crippen molar-refractivity contribution in [2.75, 3.05) is 13.2 Å². The van der Waals surface area contributed by atoms with Crippen LogP contribution in [0.4, 0.5) is 0 Å². The van der Waals surface area contributed by atoms with Crippen molar-refractivity contribution in [3.05, 3.63) is 76.5 Å². The minimum atomic E-state index is -0.296. The molecule has 0 aliphatic carbocycles. The van der Waals surface area contributed by atoms with E-state index in [0.29, 0.717) is 36.2 Å². The maximum atomic E-state index is 13.5. The van der Waals surface area contributed by atoms with Crippen LogP contribution in [0.3, 0.4) is 0 Å². The third kappa shape index (κ3) is 4.49. The second-order valence-electron chi connectivity index (χ2n) is 7.42. The number of nitrogens with one attached hydrogen (secondary N) is 1. The highest BCUT2D eigenvalue weighted by atomic mass is 32.1. The Hall–Kier alpha value is -3.98. The zero-order chi connectivity index (χ0) is 22.6. The number of rotatable bonds is 6. The number of hydrogen-bond acceptors (Lipinski definition) is 7. The molecule has 0 saturated heterocycles. The van der Waals surface area contributed by atoms with E-state index in [1.54, 1.807) is 6.08 Å². The molecule has 0 spiro atoms. The second-order valence-corrected chi connectivity index (χ2v) is 8.40. The van der Waals surface area contributed by atoms with E-state index >= 15 is 0 Å². The summed E-state index contributed by atoms with van der Waals surface area (Å²) in [5.41, 5.74) is 2.04. The minimum absolute atomic E-state index is 0.281. The molecule has 0 fully saturated rings. The van der Waals surface area contributed by atoms with Gasteiger partial charge in [0, 0.05) is 10.4 Å². The molecule has 166 valence electrons. The monoisotopic (exact) mass is 459 g/mol. The summed E-state index contributed by atoms with van der Waals surface area (Å²) in [6.07, 6.45) is 1.79. The topological polar surface area (TPSA) is 91.2 Å². The lowest BCUT2D eigenvalue weighted by molar-refractivity contribution is -0.116. The first-order valence-electron chi connectivity index (χ1n) is 10.5. The molecule has 0 saturated carbocycles. The van der Waals surface area contributed by atoms with Gasteiger partial charge in [0.1, 0.15) is 18.9 Å². The summed E-state index contributed by atoms with van der Waals surface area (Å²) in [5, 5.41) is 17.1. The number of hydrogen-bond donors (Lipinski definition) is 1. The van der Waals surface area contributed by atoms with Crippen LogP contribution in [0.15, 0.2) is 66.0 Å². The van der Waals surface area contributed by atoms with Crippen molar-refractivity contribution >= 4 is 29.0 Å². The second kappa shape index (κ2) is 9.25. The van der Waals surface area contributed by atoms with Gasteiger partial charge in [-0.2, -0.15) is 4.68 Å². The van der Waals surface area contributed by atoms with Crippen molar-refractivity contribution in [3.8, 4) is 22.9 Å². The summed E-state index contributed by atoms with van der Waals surface area (Å²) in [6.45, 7) is 2.96. The lowest BCUT2D eigenvalue weighted by Gasteiger charge is -2.21. The summed E-state index contributed by atoms with van der Waals surface area (Å²) in [4.78, 5) is 14.4. The van der Waals surface area contributed by atoms with Gasteiger partial charge >= 0.3 is 0 Å². The summed E-state index contributed by atoms with van der Waals surface area (Å²) in [7, 11) is 0. The maximum absolute atomic E-state index is 13.5. The molecular formula is C24H21N5O3S. The van der Waals surface area contributed by atoms with Gasteiger partial charge in [0.05, 0.1) is 6.04 Å². The molecule has 1 unspecified atom stereocenters. The fourth-order valence-corrected chi connectivity index (χ4v) is 4.18. The Morgan fingerprint density at radius 2 is 1.91 bits per heavy atom. The molecule has 0 radical (unpaired) electrons. The van der Waals surface area contributed by atoms with Gasteiger partial charge in [-0.3, -0.25) is 4.79 Å². The molecule has 2 aromatic carbocycles. The SMILES string of the molecule is CC(NC(=O)/C(=C/c1cccs1)n1nnnc1-c1ccccc1)c1ccc2c(c1)OCCO2. The largest absolute Gasteiger partial charge is 0.486 e. The standard InChI is InChI=1S/C24H21N5O3S/c1-16(18-9-10-21-22(14-18)32-12-11-31-21)25-24(30)20(15-19-8-5-13-33-19)29-23(26-27-28-29)17-6-3-2-4-7-17/h2-10,13-16H,11-12H2,1H3,(H,25,30)/b20-15-. The van der Waals surface area contributed by atoms with Crippen molar-refractivity contribution in [1.82, 2.24) is 25.5 Å². The first-order valence-corrected chi connectivity index (χ1v) is 11.4. The van der Waals surface area contributed by atoms with E-state index in [1.807, 2.05) is 73.0 Å². The molecule has 3 heterocycles. The fourth-order valence-electron chi connectivity index (χ4n) is 3.53. The summed E-state index contributed by atoms with van der Waals surface area (Å²) in [6, 6.07) is 18.8. The lowest BCUT2D eigenvalue weighted by Crippen LogP contribution is -2.30. The summed E-state index contributed by atoms with van der Waals surface area (Å²) in [5.74, 6) is 1.58. The zero-order valence-electron chi connectivity index (χ0n) is 17.8. The molecule has 1 N–H and O–H groups in total. The van der Waals surface area contributed by atoms with E-state index < -0.39 is 0 Å². The van der Waals surface area contributed by atoms with E-state index in [9.17, 15) is 4.79 Å². The van der Waals surface area contributed by atoms with Crippen LogP contribution in [0.2, 0.25) is 0 Å². The lowest BCUT2D eigenvalue weighted by atomic mass is 10.1. The molecule has 5 rings (SSSR count). The van der Waals surface area contributed by atoms with Crippen molar-refractivity contribution in [1.29, 1.82) is 0 Å². The number of tetrazole rings is 1. The van der Waals surface area contributed by atoms with Crippen LogP contribution in [0.25, 0.3) is 23.2 Å². The Labute approximate surface area is 194 Å². The molecule has 4 aromatic rings. The van der Waals surface area contributed by atoms with Gasteiger partial charge in [-0.25, -0.2) is 0 Å². The molecule has 1 atom stereocenters. The third-order valence-electron chi connectivity index (χ3n) is 5.20. The highest BCUT2D eigenvalue weighted by molar-refractivity contribution is 7.10. The van der Waals surface area contributed by atoms with Gasteiger partial charge in [-0.05, 0) is 52.6 Å². The number of benzene rings is 2. The normalized spacial score (nSPS) is 14.0. The van der Waals surface area contributed by atoms with Crippen LogP contribution >= 0.6 is 11.3 Å². The molecular weight excluding hydrogens is 438 g/mol. The van der Waals surface area contributed by atoms with Crippen molar-refractivity contribution in [2.45, 2.75) is 13.0 Å². The van der Waals surface area contributed by atoms with Crippen molar-refractivity contribution in [3.63, 3.8) is 0 Å². The molecule has 1 aliphatic heterocycles. The Morgan fingerprint density at radius 3 is 2.70 bits per heavy atom. The van der Waals surface area contributed by atoms with E-state index in [-0.39, 0.29) is 11.9 Å². The molecule has 1 amide bonds. The van der Waals surface area contributed by atoms with E-state index in [0.717, 1.165) is 16.0 Å². The molecule has 8 nitrogen and oxygen atoms in total. The van der Waals surface area contributed by atoms with Crippen LogP contribution in [-0.2, 0) is 4.79 Å². The highest BCUT2D eigenvalue weighted by Crippen LogP contribution is 2.33. The number of carbonyl (C=O) groups excluding carboxylic acids is 1. The number of ether oxygens (including phenoxy) is 2. The van der Waals surface area contributed by atoms with Gasteiger partial charge in [0.2, 0.25) is 0 Å². The van der Waals surface area contributed by atoms with Crippen LogP contribution in [0, 0.1) is 0 Å². The zero-order valence-corrected chi connectivity index (χ0v) is 18.7. The highest BCUT2D eigenvalue weighted by Gasteiger charge is 2.22. The molecule has 33 heavy (non-hydrogen) atoms. The smallest absolute Gasteiger partial charge is 0.270 e. The Morgan fingerprint density at radius 1 is 1.09 bits per heavy atom. The number of aromatic nitrogens is 4. The van der Waals surface area contributed by atoms with Gasteiger partial charge in [0.15, 0.2) is 17.3 Å².